The molecule has 0 aliphatic heterocycles. The number of nitro benzene ring substituents is 1. The number of aromatic nitrogens is 1. The van der Waals surface area contributed by atoms with Gasteiger partial charge in [0.05, 0.1) is 11.1 Å². The van der Waals surface area contributed by atoms with Crippen molar-refractivity contribution in [3.63, 3.8) is 0 Å². The van der Waals surface area contributed by atoms with E-state index in [0.717, 1.165) is 26.2 Å². The summed E-state index contributed by atoms with van der Waals surface area (Å²) in [5, 5.41) is 14.8. The third-order valence-corrected chi connectivity index (χ3v) is 4.96. The molecule has 0 bridgehead atoms. The van der Waals surface area contributed by atoms with E-state index in [0.29, 0.717) is 0 Å². The van der Waals surface area contributed by atoms with Crippen molar-refractivity contribution < 1.29 is 9.72 Å². The van der Waals surface area contributed by atoms with Crippen molar-refractivity contribution in [1.82, 2.24) is 9.99 Å². The van der Waals surface area contributed by atoms with Crippen molar-refractivity contribution in [2.24, 2.45) is 5.10 Å². The van der Waals surface area contributed by atoms with E-state index in [4.69, 9.17) is 0 Å². The van der Waals surface area contributed by atoms with Gasteiger partial charge in [0.25, 0.3) is 11.6 Å². The minimum atomic E-state index is -0.542. The molecule has 3 rings (SSSR count). The number of hydrazone groups is 1. The Morgan fingerprint density at radius 2 is 1.89 bits per heavy atom. The molecule has 3 aromatic rings. The summed E-state index contributed by atoms with van der Waals surface area (Å²) in [7, 11) is 0. The summed E-state index contributed by atoms with van der Waals surface area (Å²) < 4.78 is 3.27. The molecule has 0 radical (unpaired) electrons. The summed E-state index contributed by atoms with van der Waals surface area (Å²) in [5.74, 6) is -0.508. The third-order valence-electron chi connectivity index (χ3n) is 4.24. The Morgan fingerprint density at radius 1 is 1.18 bits per heavy atom. The number of nitro groups is 1. The highest BCUT2D eigenvalue weighted by molar-refractivity contribution is 14.1. The van der Waals surface area contributed by atoms with E-state index >= 15 is 0 Å². The van der Waals surface area contributed by atoms with Crippen LogP contribution in [0.3, 0.4) is 0 Å². The Balaban J connectivity index is 1.77. The number of non-ortho nitro benzene ring substituents is 1. The summed E-state index contributed by atoms with van der Waals surface area (Å²) in [6.07, 6.45) is 1.57. The van der Waals surface area contributed by atoms with Crippen LogP contribution in [0, 0.1) is 27.5 Å². The molecule has 1 heterocycles. The fourth-order valence-corrected chi connectivity index (χ4v) is 3.25. The van der Waals surface area contributed by atoms with Crippen molar-refractivity contribution in [2.45, 2.75) is 13.8 Å². The summed E-state index contributed by atoms with van der Waals surface area (Å²) in [4.78, 5) is 22.4. The fourth-order valence-electron chi connectivity index (χ4n) is 2.89. The lowest BCUT2D eigenvalue weighted by Crippen LogP contribution is -2.17. The van der Waals surface area contributed by atoms with Gasteiger partial charge in [0.15, 0.2) is 0 Å². The fraction of sp³-hybridized carbons (Fsp3) is 0.100. The van der Waals surface area contributed by atoms with E-state index in [1.807, 2.05) is 44.2 Å². The quantitative estimate of drug-likeness (QED) is 0.250. The second kappa shape index (κ2) is 8.34. The highest BCUT2D eigenvalue weighted by Gasteiger charge is 2.12. The van der Waals surface area contributed by atoms with Crippen molar-refractivity contribution in [3.05, 3.63) is 90.8 Å². The van der Waals surface area contributed by atoms with Crippen LogP contribution in [-0.4, -0.2) is 21.6 Å². The molecule has 0 aliphatic carbocycles. The largest absolute Gasteiger partial charge is 0.318 e. The first-order chi connectivity index (χ1) is 13.4. The molecule has 0 saturated carbocycles. The molecule has 1 aromatic heterocycles. The normalized spacial score (nSPS) is 11.0. The molecule has 0 aliphatic rings. The van der Waals surface area contributed by atoms with Gasteiger partial charge in [0.2, 0.25) is 0 Å². The molecule has 28 heavy (non-hydrogen) atoms. The van der Waals surface area contributed by atoms with Gasteiger partial charge in [-0.2, -0.15) is 5.10 Å². The molecule has 8 heteroatoms. The number of nitrogens with zero attached hydrogens (tertiary/aromatic N) is 3. The smallest absolute Gasteiger partial charge is 0.271 e. The molecule has 0 spiro atoms. The lowest BCUT2D eigenvalue weighted by atomic mass is 10.2. The molecule has 0 saturated heterocycles. The van der Waals surface area contributed by atoms with Crippen LogP contribution >= 0.6 is 22.6 Å². The van der Waals surface area contributed by atoms with E-state index < -0.39 is 10.8 Å². The predicted octanol–water partition coefficient (Wildman–Crippen LogP) is 4.37. The number of benzene rings is 2. The Labute approximate surface area is 175 Å². The van der Waals surface area contributed by atoms with Crippen LogP contribution in [0.2, 0.25) is 0 Å². The Hall–Kier alpha value is -3.01. The number of hydrogen-bond acceptors (Lipinski definition) is 4. The van der Waals surface area contributed by atoms with Crippen molar-refractivity contribution in [1.29, 1.82) is 0 Å². The Bertz CT molecular complexity index is 1070. The first-order valence-electron chi connectivity index (χ1n) is 8.39. The summed E-state index contributed by atoms with van der Waals surface area (Å²) in [6, 6.07) is 15.7. The number of carbonyl (C=O) groups excluding carboxylic acids is 1. The number of carbonyl (C=O) groups is 1. The predicted molar refractivity (Wildman–Crippen MR) is 116 cm³/mol. The van der Waals surface area contributed by atoms with Gasteiger partial charge in [0, 0.05) is 43.9 Å². The monoisotopic (exact) mass is 488 g/mol. The number of rotatable bonds is 5. The van der Waals surface area contributed by atoms with Crippen molar-refractivity contribution in [3.8, 4) is 5.69 Å². The van der Waals surface area contributed by atoms with Gasteiger partial charge in [-0.1, -0.05) is 6.07 Å². The number of nitrogens with one attached hydrogen (secondary N) is 1. The zero-order valence-electron chi connectivity index (χ0n) is 15.2. The second-order valence-electron chi connectivity index (χ2n) is 6.14. The third kappa shape index (κ3) is 4.28. The molecule has 1 amide bonds. The maximum Gasteiger partial charge on any atom is 0.271 e. The molecule has 1 N–H and O–H groups in total. The highest BCUT2D eigenvalue weighted by atomic mass is 127. The molecule has 7 nitrogen and oxygen atoms in total. The number of halogens is 1. The van der Waals surface area contributed by atoms with Crippen LogP contribution in [0.1, 0.15) is 27.3 Å². The molecule has 0 unspecified atom stereocenters. The minimum absolute atomic E-state index is 0.141. The Kier molecular flexibility index (Phi) is 5.88. The van der Waals surface area contributed by atoms with E-state index in [1.165, 1.54) is 24.3 Å². The van der Waals surface area contributed by atoms with Gasteiger partial charge in [-0.15, -0.1) is 0 Å². The van der Waals surface area contributed by atoms with E-state index in [1.54, 1.807) is 6.21 Å². The number of aryl methyl sites for hydroxylation is 1. The summed E-state index contributed by atoms with van der Waals surface area (Å²) >= 11 is 2.27. The second-order valence-corrected chi connectivity index (χ2v) is 7.39. The van der Waals surface area contributed by atoms with Crippen LogP contribution in [-0.2, 0) is 0 Å². The molecular weight excluding hydrogens is 471 g/mol. The maximum absolute atomic E-state index is 12.2. The molecule has 142 valence electrons. The Morgan fingerprint density at radius 3 is 2.57 bits per heavy atom. The SMILES string of the molecule is Cc1cc(/C=N\NC(=O)c2cccc([N+](=O)[O-])c2)c(C)n1-c1ccc(I)cc1. The van der Waals surface area contributed by atoms with Gasteiger partial charge < -0.3 is 4.57 Å². The number of hydrogen-bond donors (Lipinski definition) is 1. The summed E-state index contributed by atoms with van der Waals surface area (Å²) in [5.41, 5.74) is 6.41. The summed E-state index contributed by atoms with van der Waals surface area (Å²) in [6.45, 7) is 3.98. The van der Waals surface area contributed by atoms with Crippen LogP contribution < -0.4 is 5.43 Å². The standard InChI is InChI=1S/C20H17IN4O3/c1-13-10-16(14(2)24(13)18-8-6-17(21)7-9-18)12-22-23-20(26)15-4-3-5-19(11-15)25(27)28/h3-12H,1-2H3,(H,23,26)/b22-12-. The zero-order valence-corrected chi connectivity index (χ0v) is 17.4. The van der Waals surface area contributed by atoms with E-state index in [2.05, 4.69) is 37.7 Å². The van der Waals surface area contributed by atoms with Gasteiger partial charge >= 0.3 is 0 Å². The van der Waals surface area contributed by atoms with Crippen LogP contribution in [0.25, 0.3) is 5.69 Å². The van der Waals surface area contributed by atoms with Crippen LogP contribution in [0.15, 0.2) is 59.7 Å². The highest BCUT2D eigenvalue weighted by Crippen LogP contribution is 2.20. The number of amides is 1. The van der Waals surface area contributed by atoms with Gasteiger partial charge in [-0.25, -0.2) is 5.43 Å². The van der Waals surface area contributed by atoms with Crippen molar-refractivity contribution >= 4 is 40.4 Å². The van der Waals surface area contributed by atoms with Crippen molar-refractivity contribution in [2.75, 3.05) is 0 Å². The maximum atomic E-state index is 12.2. The zero-order chi connectivity index (χ0) is 20.3. The average Bonchev–Trinajstić information content (AvgIpc) is 2.96. The average molecular weight is 488 g/mol. The molecular formula is C20H17IN4O3. The van der Waals surface area contributed by atoms with E-state index in [9.17, 15) is 14.9 Å². The first-order valence-corrected chi connectivity index (χ1v) is 9.47. The lowest BCUT2D eigenvalue weighted by Gasteiger charge is -2.09. The van der Waals surface area contributed by atoms with Crippen LogP contribution in [0.5, 0.6) is 0 Å². The molecule has 0 atom stereocenters. The van der Waals surface area contributed by atoms with Gasteiger partial charge in [-0.05, 0) is 72.8 Å². The minimum Gasteiger partial charge on any atom is -0.318 e. The molecule has 0 fully saturated rings. The lowest BCUT2D eigenvalue weighted by molar-refractivity contribution is -0.384. The van der Waals surface area contributed by atoms with Crippen LogP contribution in [0.4, 0.5) is 5.69 Å². The van der Waals surface area contributed by atoms with Gasteiger partial charge in [-0.3, -0.25) is 14.9 Å². The van der Waals surface area contributed by atoms with E-state index in [-0.39, 0.29) is 11.3 Å². The molecule has 2 aromatic carbocycles. The topological polar surface area (TPSA) is 89.5 Å². The first kappa shape index (κ1) is 19.7. The van der Waals surface area contributed by atoms with Gasteiger partial charge in [0.1, 0.15) is 0 Å².